The Morgan fingerprint density at radius 2 is 2.29 bits per heavy atom. The van der Waals surface area contributed by atoms with Gasteiger partial charge in [0.25, 0.3) is 0 Å². The van der Waals surface area contributed by atoms with Crippen LogP contribution < -0.4 is 0 Å². The van der Waals surface area contributed by atoms with E-state index in [1.165, 1.54) is 16.8 Å². The Bertz CT molecular complexity index is 567. The summed E-state index contributed by atoms with van der Waals surface area (Å²) in [6.07, 6.45) is 0.593. The highest BCUT2D eigenvalue weighted by atomic mass is 19.1. The summed E-state index contributed by atoms with van der Waals surface area (Å²) in [4.78, 5) is 10.7. The fourth-order valence-corrected chi connectivity index (χ4v) is 1.44. The van der Waals surface area contributed by atoms with Gasteiger partial charge in [0.1, 0.15) is 5.82 Å². The maximum atomic E-state index is 13.5. The SMILES string of the molecule is CCc1nnnn1-c1ccc(C(=O)O)c(F)c1. The Hall–Kier alpha value is -2.31. The van der Waals surface area contributed by atoms with Crippen LogP contribution >= 0.6 is 0 Å². The molecule has 6 nitrogen and oxygen atoms in total. The number of tetrazole rings is 1. The van der Waals surface area contributed by atoms with Crippen LogP contribution in [0.3, 0.4) is 0 Å². The molecule has 0 spiro atoms. The number of hydrogen-bond donors (Lipinski definition) is 1. The lowest BCUT2D eigenvalue weighted by Crippen LogP contribution is -2.05. The minimum atomic E-state index is -1.30. The second-order valence-electron chi connectivity index (χ2n) is 3.33. The standard InChI is InChI=1S/C10H9FN4O2/c1-2-9-12-13-14-15(9)6-3-4-7(10(16)17)8(11)5-6/h3-5H,2H2,1H3,(H,16,17). The Kier molecular flexibility index (Phi) is 2.82. The first-order valence-electron chi connectivity index (χ1n) is 4.94. The molecule has 7 heteroatoms. The van der Waals surface area contributed by atoms with Gasteiger partial charge in [-0.1, -0.05) is 6.92 Å². The first-order valence-corrected chi connectivity index (χ1v) is 4.94. The van der Waals surface area contributed by atoms with Crippen LogP contribution in [-0.2, 0) is 6.42 Å². The van der Waals surface area contributed by atoms with E-state index in [4.69, 9.17) is 5.11 Å². The van der Waals surface area contributed by atoms with Crippen LogP contribution in [0.15, 0.2) is 18.2 Å². The molecule has 0 saturated heterocycles. The quantitative estimate of drug-likeness (QED) is 0.861. The van der Waals surface area contributed by atoms with Crippen LogP contribution in [-0.4, -0.2) is 31.3 Å². The molecular formula is C10H9FN4O2. The predicted octanol–water partition coefficient (Wildman–Crippen LogP) is 1.06. The lowest BCUT2D eigenvalue weighted by Gasteiger charge is -2.04. The van der Waals surface area contributed by atoms with Crippen molar-refractivity contribution in [1.82, 2.24) is 20.2 Å². The van der Waals surface area contributed by atoms with Gasteiger partial charge in [-0.2, -0.15) is 4.68 Å². The second kappa shape index (κ2) is 4.28. The molecule has 0 saturated carbocycles. The molecule has 1 heterocycles. The lowest BCUT2D eigenvalue weighted by atomic mass is 10.2. The monoisotopic (exact) mass is 236 g/mol. The third kappa shape index (κ3) is 1.99. The van der Waals surface area contributed by atoms with Gasteiger partial charge in [-0.3, -0.25) is 0 Å². The number of hydrogen-bond acceptors (Lipinski definition) is 4. The number of nitrogens with zero attached hydrogens (tertiary/aromatic N) is 4. The summed E-state index contributed by atoms with van der Waals surface area (Å²) in [7, 11) is 0. The zero-order valence-corrected chi connectivity index (χ0v) is 8.96. The number of carbonyl (C=O) groups is 1. The molecule has 17 heavy (non-hydrogen) atoms. The van der Waals surface area contributed by atoms with Crippen LogP contribution in [0, 0.1) is 5.82 Å². The number of rotatable bonds is 3. The summed E-state index contributed by atoms with van der Waals surface area (Å²) in [5, 5.41) is 19.7. The molecule has 0 amide bonds. The van der Waals surface area contributed by atoms with Crippen molar-refractivity contribution in [3.05, 3.63) is 35.4 Å². The normalized spacial score (nSPS) is 10.5. The topological polar surface area (TPSA) is 80.9 Å². The summed E-state index contributed by atoms with van der Waals surface area (Å²) >= 11 is 0. The number of benzene rings is 1. The van der Waals surface area contributed by atoms with Crippen molar-refractivity contribution >= 4 is 5.97 Å². The Labute approximate surface area is 95.7 Å². The molecule has 0 atom stereocenters. The van der Waals surface area contributed by atoms with E-state index in [1.807, 2.05) is 6.92 Å². The van der Waals surface area contributed by atoms with Crippen LogP contribution in [0.2, 0.25) is 0 Å². The molecule has 2 rings (SSSR count). The highest BCUT2D eigenvalue weighted by Crippen LogP contribution is 2.14. The van der Waals surface area contributed by atoms with Gasteiger partial charge in [-0.05, 0) is 22.6 Å². The Morgan fingerprint density at radius 1 is 1.53 bits per heavy atom. The summed E-state index contributed by atoms with van der Waals surface area (Å²) in [6.45, 7) is 1.87. The fourth-order valence-electron chi connectivity index (χ4n) is 1.44. The van der Waals surface area contributed by atoms with Crippen molar-refractivity contribution in [3.8, 4) is 5.69 Å². The molecule has 1 aromatic heterocycles. The van der Waals surface area contributed by atoms with E-state index in [0.29, 0.717) is 17.9 Å². The van der Waals surface area contributed by atoms with Gasteiger partial charge in [0, 0.05) is 12.5 Å². The number of carboxylic acid groups (broad SMARTS) is 1. The van der Waals surface area contributed by atoms with Crippen LogP contribution in [0.5, 0.6) is 0 Å². The molecule has 1 aromatic carbocycles. The van der Waals surface area contributed by atoms with E-state index in [-0.39, 0.29) is 5.56 Å². The minimum absolute atomic E-state index is 0.375. The number of aromatic nitrogens is 4. The molecule has 0 aliphatic carbocycles. The first kappa shape index (κ1) is 11.2. The molecule has 0 unspecified atom stereocenters. The van der Waals surface area contributed by atoms with Gasteiger partial charge in [0.05, 0.1) is 11.3 Å². The maximum Gasteiger partial charge on any atom is 0.338 e. The third-order valence-electron chi connectivity index (χ3n) is 2.28. The first-order chi connectivity index (χ1) is 8.13. The highest BCUT2D eigenvalue weighted by molar-refractivity contribution is 5.88. The van der Waals surface area contributed by atoms with Gasteiger partial charge in [0.2, 0.25) is 0 Å². The van der Waals surface area contributed by atoms with Crippen LogP contribution in [0.25, 0.3) is 5.69 Å². The van der Waals surface area contributed by atoms with Gasteiger partial charge >= 0.3 is 5.97 Å². The summed E-state index contributed by atoms with van der Waals surface area (Å²) in [5.74, 6) is -1.54. The average Bonchev–Trinajstić information content (AvgIpc) is 2.76. The van der Waals surface area contributed by atoms with Gasteiger partial charge < -0.3 is 5.11 Å². The largest absolute Gasteiger partial charge is 0.478 e. The van der Waals surface area contributed by atoms with Crippen molar-refractivity contribution < 1.29 is 14.3 Å². The van der Waals surface area contributed by atoms with Crippen LogP contribution in [0.1, 0.15) is 23.1 Å². The van der Waals surface area contributed by atoms with E-state index in [0.717, 1.165) is 6.07 Å². The van der Waals surface area contributed by atoms with E-state index >= 15 is 0 Å². The smallest absolute Gasteiger partial charge is 0.338 e. The number of aromatic carboxylic acids is 1. The summed E-state index contributed by atoms with van der Waals surface area (Å²) < 4.78 is 14.8. The molecule has 88 valence electrons. The second-order valence-corrected chi connectivity index (χ2v) is 3.33. The Morgan fingerprint density at radius 3 is 2.88 bits per heavy atom. The maximum absolute atomic E-state index is 13.5. The van der Waals surface area contributed by atoms with E-state index < -0.39 is 11.8 Å². The third-order valence-corrected chi connectivity index (χ3v) is 2.28. The predicted molar refractivity (Wildman–Crippen MR) is 55.4 cm³/mol. The minimum Gasteiger partial charge on any atom is -0.478 e. The summed E-state index contributed by atoms with van der Waals surface area (Å²) in [5.41, 5.74) is 0.0224. The van der Waals surface area contributed by atoms with Gasteiger partial charge in [0.15, 0.2) is 5.82 Å². The zero-order chi connectivity index (χ0) is 12.4. The fraction of sp³-hybridized carbons (Fsp3) is 0.200. The summed E-state index contributed by atoms with van der Waals surface area (Å²) in [6, 6.07) is 3.75. The van der Waals surface area contributed by atoms with E-state index in [1.54, 1.807) is 0 Å². The lowest BCUT2D eigenvalue weighted by molar-refractivity contribution is 0.0692. The molecule has 0 bridgehead atoms. The van der Waals surface area contributed by atoms with Gasteiger partial charge in [-0.25, -0.2) is 9.18 Å². The van der Waals surface area contributed by atoms with Gasteiger partial charge in [-0.15, -0.1) is 5.10 Å². The van der Waals surface area contributed by atoms with Crippen molar-refractivity contribution in [2.24, 2.45) is 0 Å². The molecule has 0 aliphatic heterocycles. The van der Waals surface area contributed by atoms with Crippen LogP contribution in [0.4, 0.5) is 4.39 Å². The molecule has 2 aromatic rings. The zero-order valence-electron chi connectivity index (χ0n) is 8.96. The van der Waals surface area contributed by atoms with Crippen molar-refractivity contribution in [3.63, 3.8) is 0 Å². The molecule has 0 fully saturated rings. The van der Waals surface area contributed by atoms with E-state index in [2.05, 4.69) is 15.5 Å². The highest BCUT2D eigenvalue weighted by Gasteiger charge is 2.13. The van der Waals surface area contributed by atoms with E-state index in [9.17, 15) is 9.18 Å². The number of halogens is 1. The number of aryl methyl sites for hydroxylation is 1. The molecule has 1 N–H and O–H groups in total. The molecule has 0 aliphatic rings. The molecule has 0 radical (unpaired) electrons. The van der Waals surface area contributed by atoms with Crippen molar-refractivity contribution in [2.45, 2.75) is 13.3 Å². The van der Waals surface area contributed by atoms with Crippen molar-refractivity contribution in [2.75, 3.05) is 0 Å². The van der Waals surface area contributed by atoms with Crippen molar-refractivity contribution in [1.29, 1.82) is 0 Å². The Balaban J connectivity index is 2.48. The average molecular weight is 236 g/mol. The molecular weight excluding hydrogens is 227 g/mol. The number of carboxylic acids is 1.